The second-order valence-corrected chi connectivity index (χ2v) is 5.64. The molecule has 0 spiro atoms. The van der Waals surface area contributed by atoms with Crippen molar-refractivity contribution in [3.63, 3.8) is 0 Å². The molecule has 4 nitrogen and oxygen atoms in total. The molecule has 1 heterocycles. The van der Waals surface area contributed by atoms with E-state index in [9.17, 15) is 5.11 Å². The smallest absolute Gasteiger partial charge is 0.196 e. The van der Waals surface area contributed by atoms with Gasteiger partial charge in [-0.25, -0.2) is 0 Å². The average molecular weight is 319 g/mol. The van der Waals surface area contributed by atoms with E-state index in [1.807, 2.05) is 48.5 Å². The van der Waals surface area contributed by atoms with Crippen LogP contribution >= 0.6 is 0 Å². The number of phenolic OH excluding ortho intramolecular Hbond substituents is 1. The molecule has 0 aliphatic carbocycles. The van der Waals surface area contributed by atoms with Crippen LogP contribution in [0.4, 0.5) is 5.69 Å². The van der Waals surface area contributed by atoms with E-state index < -0.39 is 0 Å². The molecule has 3 aromatic rings. The van der Waals surface area contributed by atoms with Crippen molar-refractivity contribution >= 4 is 5.69 Å². The molecule has 4 heteroatoms. The van der Waals surface area contributed by atoms with Crippen LogP contribution in [0.2, 0.25) is 0 Å². The van der Waals surface area contributed by atoms with Gasteiger partial charge in [0.1, 0.15) is 17.2 Å². The van der Waals surface area contributed by atoms with Gasteiger partial charge in [-0.05, 0) is 42.5 Å². The lowest BCUT2D eigenvalue weighted by Gasteiger charge is -2.20. The minimum Gasteiger partial charge on any atom is -0.508 e. The third-order valence-corrected chi connectivity index (χ3v) is 4.13. The number of phenols is 1. The quantitative estimate of drug-likeness (QED) is 0.726. The van der Waals surface area contributed by atoms with Crippen molar-refractivity contribution in [2.24, 2.45) is 0 Å². The maximum absolute atomic E-state index is 9.52. The third-order valence-electron chi connectivity index (χ3n) is 4.13. The Balaban J connectivity index is 1.85. The molecule has 4 rings (SSSR count). The lowest BCUT2D eigenvalue weighted by Crippen LogP contribution is -2.16. The van der Waals surface area contributed by atoms with Crippen molar-refractivity contribution in [1.82, 2.24) is 0 Å². The van der Waals surface area contributed by atoms with Gasteiger partial charge in [0.25, 0.3) is 0 Å². The van der Waals surface area contributed by atoms with Crippen LogP contribution in [-0.2, 0) is 0 Å². The zero-order valence-electron chi connectivity index (χ0n) is 13.2. The van der Waals surface area contributed by atoms with Gasteiger partial charge in [0.15, 0.2) is 6.23 Å². The molecule has 2 N–H and O–H groups in total. The predicted molar refractivity (Wildman–Crippen MR) is 93.5 cm³/mol. The molecule has 0 amide bonds. The lowest BCUT2D eigenvalue weighted by atomic mass is 10.0. The van der Waals surface area contributed by atoms with E-state index in [2.05, 4.69) is 11.4 Å². The van der Waals surface area contributed by atoms with Crippen LogP contribution in [0, 0.1) is 0 Å². The molecular formula is C20H17NO3. The largest absolute Gasteiger partial charge is 0.508 e. The first-order valence-corrected chi connectivity index (χ1v) is 7.74. The van der Waals surface area contributed by atoms with Crippen LogP contribution in [-0.4, -0.2) is 12.2 Å². The van der Waals surface area contributed by atoms with E-state index in [0.717, 1.165) is 33.9 Å². The standard InChI is InChI=1S/C20H17NO3/c1-23-15-10-11-17-16-4-2-3-5-18(16)21-20(24-19(17)12-15)13-6-8-14(22)9-7-13/h2-12,20-22H,1H3. The van der Waals surface area contributed by atoms with Gasteiger partial charge in [-0.1, -0.05) is 18.2 Å². The summed E-state index contributed by atoms with van der Waals surface area (Å²) in [6.07, 6.45) is -0.361. The number of fused-ring (bicyclic) bond motifs is 3. The summed E-state index contributed by atoms with van der Waals surface area (Å²) in [7, 11) is 1.64. The first-order chi connectivity index (χ1) is 11.7. The zero-order chi connectivity index (χ0) is 16.5. The summed E-state index contributed by atoms with van der Waals surface area (Å²) in [4.78, 5) is 0. The Labute approximate surface area is 140 Å². The summed E-state index contributed by atoms with van der Waals surface area (Å²) >= 11 is 0. The number of hydrogen-bond donors (Lipinski definition) is 2. The predicted octanol–water partition coefficient (Wildman–Crippen LogP) is 4.57. The summed E-state index contributed by atoms with van der Waals surface area (Å²) in [6.45, 7) is 0. The molecule has 1 aliphatic rings. The zero-order valence-corrected chi connectivity index (χ0v) is 13.2. The Hall–Kier alpha value is -3.14. The normalized spacial score (nSPS) is 15.3. The van der Waals surface area contributed by atoms with Crippen molar-refractivity contribution < 1.29 is 14.6 Å². The van der Waals surface area contributed by atoms with E-state index in [-0.39, 0.29) is 12.0 Å². The molecule has 24 heavy (non-hydrogen) atoms. The van der Waals surface area contributed by atoms with Crippen molar-refractivity contribution in [2.45, 2.75) is 6.23 Å². The fourth-order valence-electron chi connectivity index (χ4n) is 2.89. The minimum atomic E-state index is -0.361. The van der Waals surface area contributed by atoms with Crippen LogP contribution in [0.25, 0.3) is 11.1 Å². The fraction of sp³-hybridized carbons (Fsp3) is 0.100. The Morgan fingerprint density at radius 2 is 1.75 bits per heavy atom. The molecule has 0 bridgehead atoms. The number of methoxy groups -OCH3 is 1. The molecule has 1 atom stereocenters. The highest BCUT2D eigenvalue weighted by Gasteiger charge is 2.23. The van der Waals surface area contributed by atoms with E-state index in [0.29, 0.717) is 0 Å². The topological polar surface area (TPSA) is 50.7 Å². The number of benzene rings is 3. The minimum absolute atomic E-state index is 0.231. The van der Waals surface area contributed by atoms with Crippen LogP contribution in [0.15, 0.2) is 66.7 Å². The van der Waals surface area contributed by atoms with Gasteiger partial charge in [0.05, 0.1) is 7.11 Å². The second kappa shape index (κ2) is 5.81. The van der Waals surface area contributed by atoms with Gasteiger partial charge in [-0.2, -0.15) is 0 Å². The van der Waals surface area contributed by atoms with E-state index in [1.54, 1.807) is 19.2 Å². The Morgan fingerprint density at radius 1 is 0.958 bits per heavy atom. The fourth-order valence-corrected chi connectivity index (χ4v) is 2.89. The number of hydrogen-bond acceptors (Lipinski definition) is 4. The van der Waals surface area contributed by atoms with E-state index in [4.69, 9.17) is 9.47 Å². The Kier molecular flexibility index (Phi) is 3.50. The molecule has 0 radical (unpaired) electrons. The summed E-state index contributed by atoms with van der Waals surface area (Å²) in [5.41, 5.74) is 4.02. The highest BCUT2D eigenvalue weighted by Crippen LogP contribution is 2.42. The van der Waals surface area contributed by atoms with Gasteiger partial charge in [-0.3, -0.25) is 0 Å². The first kappa shape index (κ1) is 14.5. The maximum atomic E-state index is 9.52. The van der Waals surface area contributed by atoms with Gasteiger partial charge in [-0.15, -0.1) is 0 Å². The molecule has 0 aromatic heterocycles. The molecule has 0 fully saturated rings. The number of aromatic hydroxyl groups is 1. The molecule has 0 saturated carbocycles. The van der Waals surface area contributed by atoms with Crippen molar-refractivity contribution in [1.29, 1.82) is 0 Å². The summed E-state index contributed by atoms with van der Waals surface area (Å²) in [6, 6.07) is 20.9. The molecule has 0 saturated heterocycles. The Morgan fingerprint density at radius 3 is 2.54 bits per heavy atom. The number of anilines is 1. The average Bonchev–Trinajstić information content (AvgIpc) is 2.78. The number of para-hydroxylation sites is 1. The van der Waals surface area contributed by atoms with Crippen molar-refractivity contribution in [3.8, 4) is 28.4 Å². The lowest BCUT2D eigenvalue weighted by molar-refractivity contribution is 0.237. The van der Waals surface area contributed by atoms with E-state index in [1.165, 1.54) is 0 Å². The Bertz CT molecular complexity index is 874. The number of ether oxygens (including phenoxy) is 2. The van der Waals surface area contributed by atoms with E-state index >= 15 is 0 Å². The van der Waals surface area contributed by atoms with Gasteiger partial charge in [0.2, 0.25) is 0 Å². The SMILES string of the molecule is COc1ccc2c(c1)OC(c1ccc(O)cc1)Nc1ccccc1-2. The van der Waals surface area contributed by atoms with Crippen LogP contribution < -0.4 is 14.8 Å². The van der Waals surface area contributed by atoms with Crippen LogP contribution in [0.1, 0.15) is 11.8 Å². The van der Waals surface area contributed by atoms with Crippen molar-refractivity contribution in [3.05, 3.63) is 72.3 Å². The van der Waals surface area contributed by atoms with Crippen LogP contribution in [0.3, 0.4) is 0 Å². The highest BCUT2D eigenvalue weighted by atomic mass is 16.5. The molecule has 1 aliphatic heterocycles. The molecule has 1 unspecified atom stereocenters. The van der Waals surface area contributed by atoms with Gasteiger partial charge >= 0.3 is 0 Å². The number of rotatable bonds is 2. The summed E-state index contributed by atoms with van der Waals surface area (Å²) < 4.78 is 11.6. The second-order valence-electron chi connectivity index (χ2n) is 5.64. The summed E-state index contributed by atoms with van der Waals surface area (Å²) in [5, 5.41) is 13.0. The number of nitrogens with one attached hydrogen (secondary N) is 1. The van der Waals surface area contributed by atoms with Crippen molar-refractivity contribution in [2.75, 3.05) is 12.4 Å². The molecule has 3 aromatic carbocycles. The highest BCUT2D eigenvalue weighted by molar-refractivity contribution is 5.83. The monoisotopic (exact) mass is 319 g/mol. The summed E-state index contributed by atoms with van der Waals surface area (Å²) in [5.74, 6) is 1.73. The molecule has 120 valence electrons. The molecular weight excluding hydrogens is 302 g/mol. The van der Waals surface area contributed by atoms with Crippen LogP contribution in [0.5, 0.6) is 17.2 Å². The maximum Gasteiger partial charge on any atom is 0.196 e. The van der Waals surface area contributed by atoms with Gasteiger partial charge in [0, 0.05) is 28.4 Å². The first-order valence-electron chi connectivity index (χ1n) is 7.74. The van der Waals surface area contributed by atoms with Gasteiger partial charge < -0.3 is 19.9 Å². The third kappa shape index (κ3) is 2.52.